The van der Waals surface area contributed by atoms with Crippen molar-refractivity contribution in [3.63, 3.8) is 0 Å². The van der Waals surface area contributed by atoms with Crippen LogP contribution >= 0.6 is 0 Å². The van der Waals surface area contributed by atoms with Gasteiger partial charge in [0.1, 0.15) is 0 Å². The quantitative estimate of drug-likeness (QED) is 0.800. The highest BCUT2D eigenvalue weighted by Gasteiger charge is 2.10. The van der Waals surface area contributed by atoms with Crippen LogP contribution in [0, 0.1) is 0 Å². The molecule has 1 heterocycles. The molecule has 0 aliphatic heterocycles. The van der Waals surface area contributed by atoms with Gasteiger partial charge in [0.05, 0.1) is 18.3 Å². The summed E-state index contributed by atoms with van der Waals surface area (Å²) in [6.45, 7) is -2.81. The number of hydrogen-bond acceptors (Lipinski definition) is 2. The van der Waals surface area contributed by atoms with Crippen LogP contribution in [0.3, 0.4) is 0 Å². The number of rotatable bonds is 2. The van der Waals surface area contributed by atoms with E-state index in [1.54, 1.807) is 12.1 Å². The van der Waals surface area contributed by atoms with Gasteiger partial charge in [-0.3, -0.25) is 0 Å². The Bertz CT molecular complexity index is 453. The molecule has 0 aliphatic carbocycles. The van der Waals surface area contributed by atoms with Crippen molar-refractivity contribution < 1.29 is 13.9 Å². The molecular formula is C9H8F2N2O. The van der Waals surface area contributed by atoms with Crippen molar-refractivity contribution in [2.45, 2.75) is 13.2 Å². The third-order valence-corrected chi connectivity index (χ3v) is 2.03. The second-order valence-corrected chi connectivity index (χ2v) is 2.92. The summed E-state index contributed by atoms with van der Waals surface area (Å²) in [4.78, 5) is 0. The smallest absolute Gasteiger partial charge is 0.333 e. The summed E-state index contributed by atoms with van der Waals surface area (Å²) >= 11 is 0. The molecule has 0 fully saturated rings. The summed E-state index contributed by atoms with van der Waals surface area (Å²) < 4.78 is 25.4. The van der Waals surface area contributed by atoms with Gasteiger partial charge < -0.3 is 5.11 Å². The molecule has 14 heavy (non-hydrogen) atoms. The first kappa shape index (κ1) is 9.08. The van der Waals surface area contributed by atoms with Gasteiger partial charge in [0.15, 0.2) is 0 Å². The largest absolute Gasteiger partial charge is 0.392 e. The van der Waals surface area contributed by atoms with E-state index in [9.17, 15) is 8.78 Å². The minimum atomic E-state index is -2.65. The van der Waals surface area contributed by atoms with Crippen molar-refractivity contribution in [1.82, 2.24) is 9.78 Å². The molecule has 2 rings (SSSR count). The van der Waals surface area contributed by atoms with Gasteiger partial charge in [0.25, 0.3) is 0 Å². The number of nitrogens with zero attached hydrogens (tertiary/aromatic N) is 2. The molecule has 0 saturated carbocycles. The maximum atomic E-state index is 12.4. The van der Waals surface area contributed by atoms with Crippen LogP contribution in [0.4, 0.5) is 8.78 Å². The monoisotopic (exact) mass is 198 g/mol. The van der Waals surface area contributed by atoms with Gasteiger partial charge in [-0.15, -0.1) is 0 Å². The molecule has 0 saturated heterocycles. The SMILES string of the molecule is OCc1ccc2cnn(C(F)F)c2c1. The first-order chi connectivity index (χ1) is 6.72. The van der Waals surface area contributed by atoms with E-state index in [-0.39, 0.29) is 6.61 Å². The third-order valence-electron chi connectivity index (χ3n) is 2.03. The van der Waals surface area contributed by atoms with Gasteiger partial charge in [-0.25, -0.2) is 4.68 Å². The minimum Gasteiger partial charge on any atom is -0.392 e. The predicted octanol–water partition coefficient (Wildman–Crippen LogP) is 1.92. The van der Waals surface area contributed by atoms with Crippen LogP contribution in [0.2, 0.25) is 0 Å². The molecule has 0 unspecified atom stereocenters. The number of aliphatic hydroxyl groups excluding tert-OH is 1. The maximum Gasteiger partial charge on any atom is 0.333 e. The fourth-order valence-electron chi connectivity index (χ4n) is 1.34. The second kappa shape index (κ2) is 3.34. The molecule has 1 N–H and O–H groups in total. The molecule has 74 valence electrons. The second-order valence-electron chi connectivity index (χ2n) is 2.92. The Morgan fingerprint density at radius 1 is 1.43 bits per heavy atom. The molecule has 2 aromatic rings. The highest BCUT2D eigenvalue weighted by atomic mass is 19.3. The molecule has 0 aliphatic rings. The van der Waals surface area contributed by atoms with Crippen LogP contribution in [0.1, 0.15) is 12.1 Å². The molecule has 1 aromatic heterocycles. The average molecular weight is 198 g/mol. The molecule has 1 aromatic carbocycles. The first-order valence-corrected chi connectivity index (χ1v) is 4.07. The Morgan fingerprint density at radius 2 is 2.21 bits per heavy atom. The minimum absolute atomic E-state index is 0.162. The number of alkyl halides is 2. The van der Waals surface area contributed by atoms with E-state index < -0.39 is 6.55 Å². The Hall–Kier alpha value is -1.49. The number of halogens is 2. The molecule has 0 amide bonds. The number of aliphatic hydroxyl groups is 1. The first-order valence-electron chi connectivity index (χ1n) is 4.07. The van der Waals surface area contributed by atoms with Crippen molar-refractivity contribution in [3.05, 3.63) is 30.0 Å². The summed E-state index contributed by atoms with van der Waals surface area (Å²) in [7, 11) is 0. The number of aromatic nitrogens is 2. The Morgan fingerprint density at radius 3 is 2.86 bits per heavy atom. The van der Waals surface area contributed by atoms with Gasteiger partial charge in [0.2, 0.25) is 0 Å². The van der Waals surface area contributed by atoms with Crippen LogP contribution in [0.15, 0.2) is 24.4 Å². The summed E-state index contributed by atoms with van der Waals surface area (Å²) in [6.07, 6.45) is 1.38. The topological polar surface area (TPSA) is 38.1 Å². The van der Waals surface area contributed by atoms with E-state index in [0.29, 0.717) is 21.1 Å². The molecule has 0 spiro atoms. The molecule has 3 nitrogen and oxygen atoms in total. The van der Waals surface area contributed by atoms with E-state index in [4.69, 9.17) is 5.11 Å². The number of hydrogen-bond donors (Lipinski definition) is 1. The predicted molar refractivity (Wildman–Crippen MR) is 46.9 cm³/mol. The fourth-order valence-corrected chi connectivity index (χ4v) is 1.34. The highest BCUT2D eigenvalue weighted by molar-refractivity contribution is 5.79. The van der Waals surface area contributed by atoms with E-state index >= 15 is 0 Å². The van der Waals surface area contributed by atoms with E-state index in [0.717, 1.165) is 0 Å². The van der Waals surface area contributed by atoms with Crippen molar-refractivity contribution in [2.75, 3.05) is 0 Å². The van der Waals surface area contributed by atoms with Crippen LogP contribution in [-0.4, -0.2) is 14.9 Å². The fraction of sp³-hybridized carbons (Fsp3) is 0.222. The highest BCUT2D eigenvalue weighted by Crippen LogP contribution is 2.20. The molecule has 5 heteroatoms. The maximum absolute atomic E-state index is 12.4. The molecule has 0 bridgehead atoms. The van der Waals surface area contributed by atoms with Gasteiger partial charge in [-0.05, 0) is 11.6 Å². The van der Waals surface area contributed by atoms with Crippen molar-refractivity contribution >= 4 is 10.9 Å². The van der Waals surface area contributed by atoms with Crippen LogP contribution in [-0.2, 0) is 6.61 Å². The lowest BCUT2D eigenvalue weighted by Gasteiger charge is -2.01. The van der Waals surface area contributed by atoms with Gasteiger partial charge >= 0.3 is 6.55 Å². The molecule has 0 atom stereocenters. The lowest BCUT2D eigenvalue weighted by atomic mass is 10.2. The van der Waals surface area contributed by atoms with Crippen LogP contribution in [0.25, 0.3) is 10.9 Å². The van der Waals surface area contributed by atoms with E-state index in [1.807, 2.05) is 0 Å². The molecular weight excluding hydrogens is 190 g/mol. The average Bonchev–Trinajstić information content (AvgIpc) is 2.59. The van der Waals surface area contributed by atoms with Crippen molar-refractivity contribution in [2.24, 2.45) is 0 Å². The Labute approximate surface area is 78.6 Å². The standard InChI is InChI=1S/C9H8F2N2O/c10-9(11)13-8-3-6(5-14)1-2-7(8)4-12-13/h1-4,9,14H,5H2. The Kier molecular flexibility index (Phi) is 2.17. The zero-order valence-electron chi connectivity index (χ0n) is 7.19. The van der Waals surface area contributed by atoms with Crippen LogP contribution in [0.5, 0.6) is 0 Å². The zero-order chi connectivity index (χ0) is 10.1. The summed E-state index contributed by atoms with van der Waals surface area (Å²) in [5.41, 5.74) is 0.937. The third kappa shape index (κ3) is 1.35. The summed E-state index contributed by atoms with van der Waals surface area (Å²) in [5, 5.41) is 13.0. The number of fused-ring (bicyclic) bond motifs is 1. The van der Waals surface area contributed by atoms with Crippen molar-refractivity contribution in [3.8, 4) is 0 Å². The number of benzene rings is 1. The lowest BCUT2D eigenvalue weighted by Crippen LogP contribution is -1.99. The Balaban J connectivity index is 2.63. The van der Waals surface area contributed by atoms with Crippen molar-refractivity contribution in [1.29, 1.82) is 0 Å². The van der Waals surface area contributed by atoms with Gasteiger partial charge in [0, 0.05) is 5.39 Å². The van der Waals surface area contributed by atoms with Gasteiger partial charge in [-0.2, -0.15) is 13.9 Å². The van der Waals surface area contributed by atoms with E-state index in [1.165, 1.54) is 12.3 Å². The zero-order valence-corrected chi connectivity index (χ0v) is 7.19. The normalized spacial score (nSPS) is 11.4. The van der Waals surface area contributed by atoms with E-state index in [2.05, 4.69) is 5.10 Å². The molecule has 0 radical (unpaired) electrons. The van der Waals surface area contributed by atoms with Crippen LogP contribution < -0.4 is 0 Å². The van der Waals surface area contributed by atoms with Gasteiger partial charge in [-0.1, -0.05) is 12.1 Å². The summed E-state index contributed by atoms with van der Waals surface area (Å²) in [5.74, 6) is 0. The summed E-state index contributed by atoms with van der Waals surface area (Å²) in [6, 6.07) is 4.85. The lowest BCUT2D eigenvalue weighted by molar-refractivity contribution is 0.0615.